The second-order valence-electron chi connectivity index (χ2n) is 10.7. The fourth-order valence-corrected chi connectivity index (χ4v) is 6.45. The number of aliphatic hydroxyl groups is 1. The average Bonchev–Trinajstić information content (AvgIpc) is 3.37. The zero-order chi connectivity index (χ0) is 28.3. The van der Waals surface area contributed by atoms with E-state index in [1.807, 2.05) is 6.07 Å². The third-order valence-electron chi connectivity index (χ3n) is 7.42. The minimum absolute atomic E-state index is 0.379. The van der Waals surface area contributed by atoms with Crippen molar-refractivity contribution >= 4 is 33.0 Å². The van der Waals surface area contributed by atoms with E-state index in [1.54, 1.807) is 11.3 Å². The van der Waals surface area contributed by atoms with Gasteiger partial charge in [0, 0.05) is 46.4 Å². The predicted octanol–water partition coefficient (Wildman–Crippen LogP) is 8.13. The van der Waals surface area contributed by atoms with Crippen molar-refractivity contribution < 1.29 is 24.1 Å². The Morgan fingerprint density at radius 2 is 1.57 bits per heavy atom. The molecule has 7 heteroatoms. The van der Waals surface area contributed by atoms with Crippen LogP contribution in [-0.4, -0.2) is 55.9 Å². The Morgan fingerprint density at radius 1 is 0.875 bits per heavy atom. The fraction of sp³-hybridized carbons (Fsp3) is 0.576. The highest BCUT2D eigenvalue weighted by atomic mass is 35.5. The van der Waals surface area contributed by atoms with Gasteiger partial charge in [-0.3, -0.25) is 0 Å². The summed E-state index contributed by atoms with van der Waals surface area (Å²) < 4.78 is 26.6. The van der Waals surface area contributed by atoms with Crippen LogP contribution in [0, 0.1) is 0 Å². The maximum Gasteiger partial charge on any atom is 0.115 e. The van der Waals surface area contributed by atoms with E-state index in [0.717, 1.165) is 56.1 Å². The van der Waals surface area contributed by atoms with Gasteiger partial charge in [0.1, 0.15) is 30.5 Å². The maximum absolute atomic E-state index is 11.7. The van der Waals surface area contributed by atoms with Crippen LogP contribution in [-0.2, 0) is 25.4 Å². The molecule has 1 aliphatic heterocycles. The van der Waals surface area contributed by atoms with Gasteiger partial charge in [-0.1, -0.05) is 82.0 Å². The standard InChI is InChI=1S/C33H45ClO5S/c1-4-7-16-36-22-28-32(37-17-8-5-2)33(38-18-9-6-3)30(35)31(39-28)26-20-23(14-15-27(26)34)19-25-21-24-12-10-11-13-29(24)40-25/h10-15,20-21,28,30-33,35H,4-9,16-19,22H2,1-3H3/t28-,30+,31+,32-,33?/m1/s1. The second-order valence-corrected chi connectivity index (χ2v) is 12.3. The van der Waals surface area contributed by atoms with Gasteiger partial charge in [-0.25, -0.2) is 0 Å². The van der Waals surface area contributed by atoms with Gasteiger partial charge in [-0.15, -0.1) is 11.3 Å². The van der Waals surface area contributed by atoms with E-state index >= 15 is 0 Å². The van der Waals surface area contributed by atoms with Crippen molar-refractivity contribution in [1.82, 2.24) is 0 Å². The van der Waals surface area contributed by atoms with Gasteiger partial charge in [0.2, 0.25) is 0 Å². The average molecular weight is 589 g/mol. The first-order valence-corrected chi connectivity index (χ1v) is 16.1. The molecule has 0 spiro atoms. The first-order chi connectivity index (χ1) is 19.5. The number of unbranched alkanes of at least 4 members (excludes halogenated alkanes) is 3. The van der Waals surface area contributed by atoms with Crippen LogP contribution in [0.2, 0.25) is 5.02 Å². The summed E-state index contributed by atoms with van der Waals surface area (Å²) in [5.74, 6) is 0. The molecule has 1 aliphatic rings. The Bertz CT molecular complexity index is 1130. The van der Waals surface area contributed by atoms with Crippen LogP contribution < -0.4 is 0 Å². The SMILES string of the molecule is CCCCOC[C@H]1O[C@@H](c2cc(Cc3cc4ccccc4s3)ccc2Cl)[C@H](O)C(OCCCC)[C@@H]1OCCCC. The van der Waals surface area contributed by atoms with Crippen molar-refractivity contribution in [2.24, 2.45) is 0 Å². The monoisotopic (exact) mass is 588 g/mol. The molecule has 0 aliphatic carbocycles. The predicted molar refractivity (Wildman–Crippen MR) is 165 cm³/mol. The van der Waals surface area contributed by atoms with Crippen LogP contribution in [0.25, 0.3) is 10.1 Å². The van der Waals surface area contributed by atoms with Crippen molar-refractivity contribution in [2.45, 2.75) is 96.2 Å². The van der Waals surface area contributed by atoms with Gasteiger partial charge in [0.25, 0.3) is 0 Å². The van der Waals surface area contributed by atoms with Gasteiger partial charge in [-0.05, 0) is 48.4 Å². The molecule has 3 aromatic rings. The summed E-state index contributed by atoms with van der Waals surface area (Å²) in [6, 6.07) is 16.8. The fourth-order valence-electron chi connectivity index (χ4n) is 5.13. The lowest BCUT2D eigenvalue weighted by Crippen LogP contribution is -2.57. The lowest BCUT2D eigenvalue weighted by molar-refractivity contribution is -0.258. The normalized spacial score (nSPS) is 23.2. The summed E-state index contributed by atoms with van der Waals surface area (Å²) in [5.41, 5.74) is 1.91. The van der Waals surface area contributed by atoms with Crippen LogP contribution >= 0.6 is 22.9 Å². The summed E-state index contributed by atoms with van der Waals surface area (Å²) >= 11 is 8.58. The third kappa shape index (κ3) is 8.28. The number of rotatable bonds is 16. The van der Waals surface area contributed by atoms with Gasteiger partial charge in [0.05, 0.1) is 6.61 Å². The molecular weight excluding hydrogens is 544 g/mol. The van der Waals surface area contributed by atoms with E-state index in [2.05, 4.69) is 63.2 Å². The number of hydrogen-bond acceptors (Lipinski definition) is 6. The summed E-state index contributed by atoms with van der Waals surface area (Å²) in [6.07, 6.45) is 3.83. The summed E-state index contributed by atoms with van der Waals surface area (Å²) in [4.78, 5) is 1.28. The summed E-state index contributed by atoms with van der Waals surface area (Å²) in [5, 5.41) is 13.5. The smallest absolute Gasteiger partial charge is 0.115 e. The van der Waals surface area contributed by atoms with Crippen LogP contribution in [0.3, 0.4) is 0 Å². The van der Waals surface area contributed by atoms with Gasteiger partial charge in [-0.2, -0.15) is 0 Å². The highest BCUT2D eigenvalue weighted by molar-refractivity contribution is 7.19. The zero-order valence-electron chi connectivity index (χ0n) is 24.2. The van der Waals surface area contributed by atoms with Crippen molar-refractivity contribution in [3.8, 4) is 0 Å². The number of thiophene rings is 1. The first-order valence-electron chi connectivity index (χ1n) is 15.0. The first kappa shape index (κ1) is 31.4. The van der Waals surface area contributed by atoms with E-state index in [9.17, 15) is 5.11 Å². The van der Waals surface area contributed by atoms with Crippen molar-refractivity contribution in [3.63, 3.8) is 0 Å². The molecule has 220 valence electrons. The Labute approximate surface area is 248 Å². The molecule has 2 heterocycles. The number of halogens is 1. The molecule has 40 heavy (non-hydrogen) atoms. The molecule has 1 fully saturated rings. The van der Waals surface area contributed by atoms with Crippen molar-refractivity contribution in [2.75, 3.05) is 26.4 Å². The molecule has 5 nitrogen and oxygen atoms in total. The number of hydrogen-bond donors (Lipinski definition) is 1. The Morgan fingerprint density at radius 3 is 2.30 bits per heavy atom. The van der Waals surface area contributed by atoms with Gasteiger partial charge < -0.3 is 24.1 Å². The quantitative estimate of drug-likeness (QED) is 0.171. The van der Waals surface area contributed by atoms with Crippen molar-refractivity contribution in [1.29, 1.82) is 0 Å². The van der Waals surface area contributed by atoms with Crippen LogP contribution in [0.1, 0.15) is 81.4 Å². The summed E-state index contributed by atoms with van der Waals surface area (Å²) in [6.45, 7) is 8.61. The van der Waals surface area contributed by atoms with E-state index in [4.69, 9.17) is 30.5 Å². The van der Waals surface area contributed by atoms with Gasteiger partial charge in [0.15, 0.2) is 0 Å². The second kappa shape index (κ2) is 16.2. The van der Waals surface area contributed by atoms with Gasteiger partial charge >= 0.3 is 0 Å². The molecule has 1 unspecified atom stereocenters. The number of benzene rings is 2. The van der Waals surface area contributed by atoms with E-state index < -0.39 is 24.4 Å². The lowest BCUT2D eigenvalue weighted by atomic mass is 9.89. The summed E-state index contributed by atoms with van der Waals surface area (Å²) in [7, 11) is 0. The highest BCUT2D eigenvalue weighted by Gasteiger charge is 2.47. The maximum atomic E-state index is 11.7. The molecule has 5 atom stereocenters. The van der Waals surface area contributed by atoms with E-state index in [1.165, 1.54) is 15.0 Å². The molecule has 0 saturated carbocycles. The molecule has 4 rings (SSSR count). The zero-order valence-corrected chi connectivity index (χ0v) is 25.7. The van der Waals surface area contributed by atoms with Crippen LogP contribution in [0.4, 0.5) is 0 Å². The highest BCUT2D eigenvalue weighted by Crippen LogP contribution is 2.39. The molecule has 1 N–H and O–H groups in total. The molecule has 1 saturated heterocycles. The third-order valence-corrected chi connectivity index (χ3v) is 8.88. The molecule has 0 amide bonds. The Hall–Kier alpha value is -1.51. The topological polar surface area (TPSA) is 57.2 Å². The van der Waals surface area contributed by atoms with Crippen LogP contribution in [0.5, 0.6) is 0 Å². The number of aliphatic hydroxyl groups excluding tert-OH is 1. The van der Waals surface area contributed by atoms with E-state index in [0.29, 0.717) is 31.5 Å². The van der Waals surface area contributed by atoms with Crippen LogP contribution in [0.15, 0.2) is 48.5 Å². The number of ether oxygens (including phenoxy) is 4. The molecule has 1 aromatic heterocycles. The Balaban J connectivity index is 1.60. The van der Waals surface area contributed by atoms with Crippen molar-refractivity contribution in [3.05, 3.63) is 69.6 Å². The minimum Gasteiger partial charge on any atom is -0.387 e. The minimum atomic E-state index is -0.924. The lowest BCUT2D eigenvalue weighted by Gasteiger charge is -2.45. The molecule has 0 bridgehead atoms. The molecule has 0 radical (unpaired) electrons. The molecular formula is C33H45ClO5S. The molecule has 2 aromatic carbocycles. The Kier molecular flexibility index (Phi) is 12.7. The largest absolute Gasteiger partial charge is 0.387 e. The number of fused-ring (bicyclic) bond motifs is 1. The van der Waals surface area contributed by atoms with E-state index in [-0.39, 0.29) is 6.10 Å².